The molecule has 0 radical (unpaired) electrons. The number of benzene rings is 1. The van der Waals surface area contributed by atoms with Gasteiger partial charge in [0.25, 0.3) is 0 Å². The van der Waals surface area contributed by atoms with Crippen LogP contribution >= 0.6 is 43.5 Å². The van der Waals surface area contributed by atoms with E-state index in [4.69, 9.17) is 21.1 Å². The number of rotatable bonds is 3. The maximum Gasteiger partial charge on any atom is 0.147 e. The van der Waals surface area contributed by atoms with Gasteiger partial charge in [-0.1, -0.05) is 0 Å². The van der Waals surface area contributed by atoms with Gasteiger partial charge in [0.2, 0.25) is 0 Å². The van der Waals surface area contributed by atoms with Gasteiger partial charge in [-0.15, -0.1) is 11.6 Å². The molecule has 14 heavy (non-hydrogen) atoms. The fourth-order valence-corrected chi connectivity index (χ4v) is 3.08. The van der Waals surface area contributed by atoms with Gasteiger partial charge in [0.05, 0.1) is 29.0 Å². The molecule has 0 unspecified atom stereocenters. The Morgan fingerprint density at radius 2 is 1.93 bits per heavy atom. The third-order valence-corrected chi connectivity index (χ3v) is 3.49. The minimum atomic E-state index is 0.368. The summed E-state index contributed by atoms with van der Waals surface area (Å²) in [5.41, 5.74) is 0.884. The highest BCUT2D eigenvalue weighted by atomic mass is 79.9. The Hall–Kier alpha value is 0.0700. The van der Waals surface area contributed by atoms with Crippen molar-refractivity contribution >= 4 is 43.5 Å². The van der Waals surface area contributed by atoms with Gasteiger partial charge in [0.15, 0.2) is 0 Å². The molecule has 0 heterocycles. The standard InChI is InChI=1S/C9H9Br2ClO2/c1-13-7-3-6(10)9(14-2)8(11)5(7)4-12/h3H,4H2,1-2H3. The van der Waals surface area contributed by atoms with E-state index in [-0.39, 0.29) is 0 Å². The largest absolute Gasteiger partial charge is 0.496 e. The van der Waals surface area contributed by atoms with Crippen LogP contribution in [0.3, 0.4) is 0 Å². The molecule has 0 aliphatic rings. The Labute approximate surface area is 105 Å². The zero-order chi connectivity index (χ0) is 10.7. The number of hydrogen-bond acceptors (Lipinski definition) is 2. The van der Waals surface area contributed by atoms with Crippen molar-refractivity contribution in [1.29, 1.82) is 0 Å². The molecule has 78 valence electrons. The number of halogens is 3. The third-order valence-electron chi connectivity index (χ3n) is 1.79. The van der Waals surface area contributed by atoms with Crippen LogP contribution in [0, 0.1) is 0 Å². The molecule has 0 bridgehead atoms. The molecule has 0 N–H and O–H groups in total. The van der Waals surface area contributed by atoms with Crippen LogP contribution in [0.1, 0.15) is 5.56 Å². The van der Waals surface area contributed by atoms with Gasteiger partial charge in [0.1, 0.15) is 11.5 Å². The normalized spacial score (nSPS) is 10.1. The van der Waals surface area contributed by atoms with Crippen LogP contribution in [0.5, 0.6) is 11.5 Å². The SMILES string of the molecule is COc1cc(Br)c(OC)c(Br)c1CCl. The maximum atomic E-state index is 5.82. The van der Waals surface area contributed by atoms with Crippen LogP contribution in [-0.2, 0) is 5.88 Å². The van der Waals surface area contributed by atoms with Crippen molar-refractivity contribution in [1.82, 2.24) is 0 Å². The Morgan fingerprint density at radius 3 is 2.36 bits per heavy atom. The lowest BCUT2D eigenvalue weighted by Gasteiger charge is -2.13. The van der Waals surface area contributed by atoms with Crippen LogP contribution in [-0.4, -0.2) is 14.2 Å². The highest BCUT2D eigenvalue weighted by molar-refractivity contribution is 9.11. The first-order chi connectivity index (χ1) is 6.65. The van der Waals surface area contributed by atoms with E-state index in [2.05, 4.69) is 31.9 Å². The number of hydrogen-bond donors (Lipinski definition) is 0. The number of ether oxygens (including phenoxy) is 2. The summed E-state index contributed by atoms with van der Waals surface area (Å²) in [6, 6.07) is 1.83. The Bertz CT molecular complexity index is 342. The van der Waals surface area contributed by atoms with Crippen molar-refractivity contribution in [2.24, 2.45) is 0 Å². The fraction of sp³-hybridized carbons (Fsp3) is 0.333. The summed E-state index contributed by atoms with van der Waals surface area (Å²) in [5, 5.41) is 0. The average molecular weight is 344 g/mol. The Kier molecular flexibility index (Phi) is 4.54. The van der Waals surface area contributed by atoms with Crippen molar-refractivity contribution in [2.45, 2.75) is 5.88 Å². The molecule has 2 nitrogen and oxygen atoms in total. The highest BCUT2D eigenvalue weighted by Crippen LogP contribution is 2.41. The van der Waals surface area contributed by atoms with Crippen LogP contribution in [0.25, 0.3) is 0 Å². The molecule has 0 aromatic heterocycles. The smallest absolute Gasteiger partial charge is 0.147 e. The zero-order valence-electron chi connectivity index (χ0n) is 7.73. The maximum absolute atomic E-state index is 5.82. The van der Waals surface area contributed by atoms with Gasteiger partial charge in [-0.05, 0) is 37.9 Å². The van der Waals surface area contributed by atoms with Crippen molar-refractivity contribution in [3.8, 4) is 11.5 Å². The molecule has 0 saturated heterocycles. The number of methoxy groups -OCH3 is 2. The van der Waals surface area contributed by atoms with Crippen molar-refractivity contribution < 1.29 is 9.47 Å². The lowest BCUT2D eigenvalue weighted by Crippen LogP contribution is -1.95. The van der Waals surface area contributed by atoms with E-state index in [1.54, 1.807) is 14.2 Å². The average Bonchev–Trinajstić information content (AvgIpc) is 2.17. The lowest BCUT2D eigenvalue weighted by atomic mass is 10.2. The molecular formula is C9H9Br2ClO2. The molecule has 0 saturated carbocycles. The van der Waals surface area contributed by atoms with Gasteiger partial charge in [0, 0.05) is 5.56 Å². The summed E-state index contributed by atoms with van der Waals surface area (Å²) in [6.45, 7) is 0. The highest BCUT2D eigenvalue weighted by Gasteiger charge is 2.15. The van der Waals surface area contributed by atoms with Crippen LogP contribution < -0.4 is 9.47 Å². The minimum absolute atomic E-state index is 0.368. The molecule has 1 aromatic carbocycles. The van der Waals surface area contributed by atoms with E-state index in [9.17, 15) is 0 Å². The summed E-state index contributed by atoms with van der Waals surface area (Å²) in [4.78, 5) is 0. The molecule has 1 rings (SSSR count). The summed E-state index contributed by atoms with van der Waals surface area (Å²) in [6.07, 6.45) is 0. The molecule has 0 aliphatic heterocycles. The van der Waals surface area contributed by atoms with Crippen molar-refractivity contribution in [3.05, 3.63) is 20.6 Å². The molecule has 0 amide bonds. The van der Waals surface area contributed by atoms with E-state index >= 15 is 0 Å². The van der Waals surface area contributed by atoms with Crippen LogP contribution in [0.2, 0.25) is 0 Å². The van der Waals surface area contributed by atoms with Crippen molar-refractivity contribution in [2.75, 3.05) is 14.2 Å². The Morgan fingerprint density at radius 1 is 1.29 bits per heavy atom. The first kappa shape index (κ1) is 12.1. The lowest BCUT2D eigenvalue weighted by molar-refractivity contribution is 0.395. The molecular weight excluding hydrogens is 335 g/mol. The molecule has 1 aromatic rings. The number of alkyl halides is 1. The molecule has 0 spiro atoms. The Balaban J connectivity index is 3.39. The van der Waals surface area contributed by atoms with E-state index < -0.39 is 0 Å². The van der Waals surface area contributed by atoms with E-state index in [1.165, 1.54) is 0 Å². The molecule has 0 atom stereocenters. The second-order valence-electron chi connectivity index (χ2n) is 2.52. The summed E-state index contributed by atoms with van der Waals surface area (Å²) in [5.74, 6) is 1.83. The van der Waals surface area contributed by atoms with Crippen LogP contribution in [0.15, 0.2) is 15.0 Å². The third kappa shape index (κ3) is 2.18. The summed E-state index contributed by atoms with van der Waals surface area (Å²) < 4.78 is 12.1. The second kappa shape index (κ2) is 5.24. The predicted molar refractivity (Wildman–Crippen MR) is 64.5 cm³/mol. The second-order valence-corrected chi connectivity index (χ2v) is 4.43. The van der Waals surface area contributed by atoms with Gasteiger partial charge in [-0.25, -0.2) is 0 Å². The molecule has 0 aliphatic carbocycles. The van der Waals surface area contributed by atoms with Gasteiger partial charge < -0.3 is 9.47 Å². The zero-order valence-corrected chi connectivity index (χ0v) is 11.7. The van der Waals surface area contributed by atoms with Gasteiger partial charge >= 0.3 is 0 Å². The summed E-state index contributed by atoms with van der Waals surface area (Å²) >= 11 is 12.6. The van der Waals surface area contributed by atoms with Crippen LogP contribution in [0.4, 0.5) is 0 Å². The first-order valence-corrected chi connectivity index (χ1v) is 5.92. The summed E-state index contributed by atoms with van der Waals surface area (Å²) in [7, 11) is 3.21. The fourth-order valence-electron chi connectivity index (χ4n) is 1.11. The van der Waals surface area contributed by atoms with Gasteiger partial charge in [-0.3, -0.25) is 0 Å². The predicted octanol–water partition coefficient (Wildman–Crippen LogP) is 3.97. The van der Waals surface area contributed by atoms with Crippen molar-refractivity contribution in [3.63, 3.8) is 0 Å². The monoisotopic (exact) mass is 342 g/mol. The molecule has 0 fully saturated rings. The molecule has 5 heteroatoms. The first-order valence-electron chi connectivity index (χ1n) is 3.80. The topological polar surface area (TPSA) is 18.5 Å². The quantitative estimate of drug-likeness (QED) is 0.773. The van der Waals surface area contributed by atoms with E-state index in [1.807, 2.05) is 6.07 Å². The minimum Gasteiger partial charge on any atom is -0.496 e. The van der Waals surface area contributed by atoms with Gasteiger partial charge in [-0.2, -0.15) is 0 Å². The van der Waals surface area contributed by atoms with E-state index in [0.717, 1.165) is 26.0 Å². The van der Waals surface area contributed by atoms with E-state index in [0.29, 0.717) is 5.88 Å².